The number of nitrogens with zero attached hydrogens (tertiary/aromatic N) is 7. The van der Waals surface area contributed by atoms with Gasteiger partial charge >= 0.3 is 18.2 Å². The molecule has 3 unspecified atom stereocenters. The lowest BCUT2D eigenvalue weighted by Gasteiger charge is -2.42. The van der Waals surface area contributed by atoms with Crippen molar-refractivity contribution in [1.82, 2.24) is 40.3 Å². The zero-order chi connectivity index (χ0) is 62.6. The van der Waals surface area contributed by atoms with Crippen LogP contribution < -0.4 is 30.3 Å². The zero-order valence-electron chi connectivity index (χ0n) is 50.2. The maximum absolute atomic E-state index is 17.7. The molecule has 2 aromatic heterocycles. The van der Waals surface area contributed by atoms with Crippen LogP contribution in [0, 0.1) is 24.0 Å². The van der Waals surface area contributed by atoms with Gasteiger partial charge in [0.25, 0.3) is 11.8 Å². The molecule has 3 N–H and O–H groups in total. The zero-order valence-corrected chi connectivity index (χ0v) is 50.2. The second kappa shape index (κ2) is 26.8. The number of halogens is 2. The van der Waals surface area contributed by atoms with Crippen LogP contribution in [0.25, 0.3) is 32.9 Å². The highest BCUT2D eigenvalue weighted by atomic mass is 19.1. The number of hydrogen-bond donors (Lipinski definition) is 3. The topological polar surface area (TPSA) is 264 Å². The molecule has 6 amide bonds. The number of fused-ring (bicyclic) bond motifs is 6. The van der Waals surface area contributed by atoms with Gasteiger partial charge in [0.2, 0.25) is 11.8 Å². The molecule has 5 saturated heterocycles. The quantitative estimate of drug-likeness (QED) is 0.0263. The smallest absolute Gasteiger partial charge is 0.410 e. The Balaban J connectivity index is 0.662. The van der Waals surface area contributed by atoms with Crippen LogP contribution in [-0.2, 0) is 38.0 Å². The number of amides is 6. The normalized spacial score (nSPS) is 21.5. The Kier molecular flexibility index (Phi) is 18.7. The fraction of sp³-hybridized carbons (Fsp3) is 0.508. The van der Waals surface area contributed by atoms with Gasteiger partial charge in [-0.1, -0.05) is 18.1 Å². The highest BCUT2D eigenvalue weighted by Gasteiger charge is 2.51. The third kappa shape index (κ3) is 13.2. The van der Waals surface area contributed by atoms with Crippen molar-refractivity contribution in [2.75, 3.05) is 110 Å². The van der Waals surface area contributed by atoms with Gasteiger partial charge in [-0.15, -0.1) is 6.42 Å². The maximum atomic E-state index is 17.7. The second-order valence-electron chi connectivity index (χ2n) is 23.8. The molecule has 472 valence electrons. The molecule has 0 aliphatic carbocycles. The fourth-order valence-corrected chi connectivity index (χ4v) is 13.1. The van der Waals surface area contributed by atoms with E-state index in [0.717, 1.165) is 50.0 Å². The summed E-state index contributed by atoms with van der Waals surface area (Å²) in [5.74, 6) is -0.631. The Morgan fingerprint density at radius 2 is 1.63 bits per heavy atom. The van der Waals surface area contributed by atoms with E-state index in [4.69, 9.17) is 54.3 Å². The van der Waals surface area contributed by atoms with Crippen molar-refractivity contribution in [1.29, 1.82) is 0 Å². The number of hydrogen-bond acceptors (Lipinski definition) is 20. The Morgan fingerprint density at radius 1 is 0.876 bits per heavy atom. The van der Waals surface area contributed by atoms with E-state index >= 15 is 8.78 Å². The molecular formula is C63H72F2N10O14. The van der Waals surface area contributed by atoms with Crippen molar-refractivity contribution >= 4 is 69.0 Å². The van der Waals surface area contributed by atoms with Crippen molar-refractivity contribution in [2.45, 2.75) is 107 Å². The molecule has 0 spiro atoms. The highest BCUT2D eigenvalue weighted by molar-refractivity contribution is 6.25. The van der Waals surface area contributed by atoms with Crippen LogP contribution in [0.3, 0.4) is 0 Å². The number of terminal acetylenes is 1. The number of piperidine rings is 1. The Morgan fingerprint density at radius 3 is 2.36 bits per heavy atom. The standard InChI is InChI=1S/C63H72F2N10O14/c1-6-42-46(64)14-11-37-29-41(88-36-82-5)30-44(50(37)42)53-52(65)54-45(31-68-53)55(72-32-38-12-13-39(33-72)74(38)61(81)89-62(2,3)4)71-59(70-54)87-35-63-18-8-22-73(63)40(17-19-63)34-86-60(80)67-21-24-84-26-28-85-27-25-83-23-20-66-47-10-7-9-43-51(47)58(79)75(57(43)78)48-15-16-49(76)69-56(48)77/h1,7,9-11,14,29-31,38-40,48,66H,8,12-13,15-28,32-36H2,2-5H3,(H,67,80)(H,69,76,77)/t38?,39?,40-,48?,63-/m1/s1. The molecule has 89 heavy (non-hydrogen) atoms. The van der Waals surface area contributed by atoms with E-state index in [1.165, 1.54) is 31.5 Å². The molecule has 5 aromatic rings. The molecule has 5 fully saturated rings. The number of rotatable bonds is 24. The largest absolute Gasteiger partial charge is 0.468 e. The third-order valence-electron chi connectivity index (χ3n) is 17.0. The average Bonchev–Trinajstić information content (AvgIpc) is 1.77. The lowest BCUT2D eigenvalue weighted by molar-refractivity contribution is -0.136. The summed E-state index contributed by atoms with van der Waals surface area (Å²) in [7, 11) is 1.47. The van der Waals surface area contributed by atoms with Gasteiger partial charge < -0.3 is 53.4 Å². The Hall–Kier alpha value is -8.35. The van der Waals surface area contributed by atoms with Crippen LogP contribution in [0.2, 0.25) is 0 Å². The molecule has 5 atom stereocenters. The van der Waals surface area contributed by atoms with Gasteiger partial charge in [0.1, 0.15) is 53.5 Å². The van der Waals surface area contributed by atoms with E-state index in [0.29, 0.717) is 60.9 Å². The first kappa shape index (κ1) is 62.3. The summed E-state index contributed by atoms with van der Waals surface area (Å²) in [6.45, 7) is 9.40. The van der Waals surface area contributed by atoms with Crippen LogP contribution in [0.5, 0.6) is 11.8 Å². The van der Waals surface area contributed by atoms with E-state index in [-0.39, 0.29) is 135 Å². The summed E-state index contributed by atoms with van der Waals surface area (Å²) in [6, 6.07) is 9.23. The first-order valence-electron chi connectivity index (χ1n) is 30.0. The first-order chi connectivity index (χ1) is 42.9. The van der Waals surface area contributed by atoms with Crippen molar-refractivity contribution < 1.29 is 75.4 Å². The second-order valence-corrected chi connectivity index (χ2v) is 23.8. The van der Waals surface area contributed by atoms with Gasteiger partial charge in [0.05, 0.1) is 79.3 Å². The molecule has 6 aliphatic rings. The van der Waals surface area contributed by atoms with E-state index in [1.54, 1.807) is 24.3 Å². The number of nitrogens with one attached hydrogen (secondary N) is 3. The summed E-state index contributed by atoms with van der Waals surface area (Å²) in [5, 5.41) is 9.14. The van der Waals surface area contributed by atoms with Crippen LogP contribution in [0.4, 0.5) is 29.9 Å². The third-order valence-corrected chi connectivity index (χ3v) is 17.0. The minimum Gasteiger partial charge on any atom is -0.468 e. The number of benzene rings is 3. The molecule has 3 aromatic carbocycles. The first-order valence-corrected chi connectivity index (χ1v) is 30.0. The number of methoxy groups -OCH3 is 1. The molecular weight excluding hydrogens is 1160 g/mol. The molecule has 24 nitrogen and oxygen atoms in total. The van der Waals surface area contributed by atoms with Gasteiger partial charge in [0.15, 0.2) is 12.6 Å². The summed E-state index contributed by atoms with van der Waals surface area (Å²) in [6.07, 6.45) is 11.1. The van der Waals surface area contributed by atoms with Gasteiger partial charge in [-0.25, -0.2) is 18.4 Å². The predicted octanol–water partition coefficient (Wildman–Crippen LogP) is 6.34. The monoisotopic (exact) mass is 1230 g/mol. The fourth-order valence-electron chi connectivity index (χ4n) is 13.1. The molecule has 6 aliphatic heterocycles. The highest BCUT2D eigenvalue weighted by Crippen LogP contribution is 2.45. The summed E-state index contributed by atoms with van der Waals surface area (Å²) < 4.78 is 79.1. The lowest BCUT2D eigenvalue weighted by Crippen LogP contribution is -2.57. The van der Waals surface area contributed by atoms with E-state index in [2.05, 4.69) is 31.8 Å². The van der Waals surface area contributed by atoms with Crippen molar-refractivity contribution in [2.24, 2.45) is 0 Å². The molecule has 8 heterocycles. The Labute approximate surface area is 512 Å². The molecule has 0 saturated carbocycles. The van der Waals surface area contributed by atoms with Gasteiger partial charge in [-0.3, -0.25) is 44.2 Å². The number of anilines is 2. The number of piperazine rings is 1. The number of pyridine rings is 1. The SMILES string of the molecule is C#Cc1c(F)ccc2cc(OCOC)cc(-c3ncc4c(N5CC6CCC(C5)N6C(=O)OC(C)(C)C)nc(OC[C@]56CCCN5[C@@H](COC(=O)NCCOCCOCCOCCNc5cccc7c5C(=O)N(C5CCC(=O)NC5=O)C7=O)CC6)nc4c3F)c12. The minimum atomic E-state index is -1.05. The van der Waals surface area contributed by atoms with Gasteiger partial charge in [-0.05, 0) is 108 Å². The van der Waals surface area contributed by atoms with Crippen LogP contribution in [0.15, 0.2) is 48.7 Å². The molecule has 11 rings (SSSR count). The van der Waals surface area contributed by atoms with Gasteiger partial charge in [0, 0.05) is 68.6 Å². The van der Waals surface area contributed by atoms with Gasteiger partial charge in [-0.2, -0.15) is 9.97 Å². The van der Waals surface area contributed by atoms with Crippen LogP contribution in [0.1, 0.15) is 98.4 Å². The minimum absolute atomic E-state index is 0.0338. The average molecular weight is 1230 g/mol. The molecule has 2 bridgehead atoms. The number of ether oxygens (including phenoxy) is 8. The van der Waals surface area contributed by atoms with Crippen LogP contribution in [-0.4, -0.2) is 200 Å². The number of carbonyl (C=O) groups is 6. The summed E-state index contributed by atoms with van der Waals surface area (Å²) >= 11 is 0. The maximum Gasteiger partial charge on any atom is 0.410 e. The molecule has 0 radical (unpaired) electrons. The number of alkyl carbamates (subject to hydrolysis) is 1. The van der Waals surface area contributed by atoms with E-state index < -0.39 is 58.5 Å². The summed E-state index contributed by atoms with van der Waals surface area (Å²) in [5.41, 5.74) is -0.461. The van der Waals surface area contributed by atoms with Crippen LogP contribution >= 0.6 is 0 Å². The lowest BCUT2D eigenvalue weighted by atomic mass is 9.95. The number of imide groups is 2. The van der Waals surface area contributed by atoms with Crippen molar-refractivity contribution in [3.8, 4) is 35.4 Å². The number of aromatic nitrogens is 3. The summed E-state index contributed by atoms with van der Waals surface area (Å²) in [4.78, 5) is 98.4. The van der Waals surface area contributed by atoms with E-state index in [9.17, 15) is 28.8 Å². The number of carbonyl (C=O) groups excluding carboxylic acids is 6. The van der Waals surface area contributed by atoms with Crippen molar-refractivity contribution in [3.63, 3.8) is 0 Å². The van der Waals surface area contributed by atoms with E-state index in [1.807, 2.05) is 30.6 Å². The predicted molar refractivity (Wildman–Crippen MR) is 318 cm³/mol. The van der Waals surface area contributed by atoms with Crippen molar-refractivity contribution in [3.05, 3.63) is 77.0 Å². The molecule has 26 heteroatoms. The Bertz CT molecular complexity index is 3590.